The van der Waals surface area contributed by atoms with Gasteiger partial charge in [-0.05, 0) is 25.5 Å². The molecule has 0 atom stereocenters. The number of hydrogen-bond acceptors (Lipinski definition) is 7. The molecule has 5 nitrogen and oxygen atoms in total. The first kappa shape index (κ1) is 14.1. The molecule has 0 spiro atoms. The SMILES string of the molecule is CCOC(=O)c1cc2cnc(SC)nc2nc1SC. The molecule has 0 aliphatic heterocycles. The Bertz CT molecular complexity index is 619. The molecule has 0 amide bonds. The van der Waals surface area contributed by atoms with Crippen LogP contribution < -0.4 is 0 Å². The van der Waals surface area contributed by atoms with Gasteiger partial charge in [0.25, 0.3) is 0 Å². The smallest absolute Gasteiger partial charge is 0.340 e. The summed E-state index contributed by atoms with van der Waals surface area (Å²) < 4.78 is 5.03. The third kappa shape index (κ3) is 2.98. The van der Waals surface area contributed by atoms with E-state index in [0.717, 1.165) is 5.39 Å². The quantitative estimate of drug-likeness (QED) is 0.488. The molecule has 7 heteroatoms. The first-order valence-corrected chi connectivity index (χ1v) is 8.07. The monoisotopic (exact) mass is 295 g/mol. The lowest BCUT2D eigenvalue weighted by molar-refractivity contribution is 0.0521. The average molecular weight is 295 g/mol. The summed E-state index contributed by atoms with van der Waals surface area (Å²) in [5.41, 5.74) is 1.05. The molecule has 0 unspecified atom stereocenters. The standard InChI is InChI=1S/C12H13N3O2S2/c1-4-17-11(16)8-5-7-6-13-12(19-3)15-9(7)14-10(8)18-2/h5-6H,4H2,1-3H3. The molecule has 0 N–H and O–H groups in total. The van der Waals surface area contributed by atoms with Crippen LogP contribution in [0.1, 0.15) is 17.3 Å². The molecule has 2 heterocycles. The molecule has 0 saturated carbocycles. The van der Waals surface area contributed by atoms with Crippen LogP contribution in [0.25, 0.3) is 11.0 Å². The molecule has 0 saturated heterocycles. The Hall–Kier alpha value is -1.34. The van der Waals surface area contributed by atoms with Crippen molar-refractivity contribution in [2.75, 3.05) is 19.1 Å². The van der Waals surface area contributed by atoms with Crippen molar-refractivity contribution in [3.63, 3.8) is 0 Å². The highest BCUT2D eigenvalue weighted by Gasteiger charge is 2.15. The fourth-order valence-corrected chi connectivity index (χ4v) is 2.42. The summed E-state index contributed by atoms with van der Waals surface area (Å²) in [6.45, 7) is 2.12. The van der Waals surface area contributed by atoms with Crippen LogP contribution in [0, 0.1) is 0 Å². The summed E-state index contributed by atoms with van der Waals surface area (Å²) in [5.74, 6) is -0.366. The number of hydrogen-bond donors (Lipinski definition) is 0. The molecule has 0 radical (unpaired) electrons. The third-order valence-corrected chi connectivity index (χ3v) is 3.64. The number of pyridine rings is 1. The van der Waals surface area contributed by atoms with Gasteiger partial charge in [-0.25, -0.2) is 19.7 Å². The Morgan fingerprint density at radius 1 is 1.32 bits per heavy atom. The van der Waals surface area contributed by atoms with Crippen LogP contribution in [0.15, 0.2) is 22.4 Å². The predicted molar refractivity (Wildman–Crippen MR) is 76.9 cm³/mol. The number of carbonyl (C=O) groups excluding carboxylic acids is 1. The Balaban J connectivity index is 2.56. The Morgan fingerprint density at radius 3 is 2.74 bits per heavy atom. The van der Waals surface area contributed by atoms with E-state index in [4.69, 9.17) is 4.74 Å². The van der Waals surface area contributed by atoms with E-state index in [9.17, 15) is 4.79 Å². The molecular formula is C12H13N3O2S2. The molecule has 19 heavy (non-hydrogen) atoms. The Kier molecular flexibility index (Phi) is 4.60. The van der Waals surface area contributed by atoms with Crippen LogP contribution >= 0.6 is 23.5 Å². The van der Waals surface area contributed by atoms with Crippen molar-refractivity contribution in [3.8, 4) is 0 Å². The number of rotatable bonds is 4. The lowest BCUT2D eigenvalue weighted by Crippen LogP contribution is -2.08. The molecule has 0 aliphatic carbocycles. The maximum absolute atomic E-state index is 11.9. The summed E-state index contributed by atoms with van der Waals surface area (Å²) in [7, 11) is 0. The second-order valence-electron chi connectivity index (χ2n) is 3.54. The molecule has 0 aliphatic rings. The van der Waals surface area contributed by atoms with Crippen LogP contribution in [-0.4, -0.2) is 40.0 Å². The van der Waals surface area contributed by atoms with Gasteiger partial charge in [0.1, 0.15) is 5.03 Å². The number of fused-ring (bicyclic) bond motifs is 1. The van der Waals surface area contributed by atoms with Gasteiger partial charge in [-0.15, -0.1) is 11.8 Å². The summed E-state index contributed by atoms with van der Waals surface area (Å²) in [6, 6.07) is 1.73. The van der Waals surface area contributed by atoms with E-state index < -0.39 is 0 Å². The van der Waals surface area contributed by atoms with Crippen LogP contribution in [-0.2, 0) is 4.74 Å². The third-order valence-electron chi connectivity index (χ3n) is 2.38. The van der Waals surface area contributed by atoms with Crippen LogP contribution in [0.5, 0.6) is 0 Å². The zero-order valence-electron chi connectivity index (χ0n) is 10.8. The van der Waals surface area contributed by atoms with Gasteiger partial charge in [0.05, 0.1) is 12.2 Å². The summed E-state index contributed by atoms with van der Waals surface area (Å²) in [4.78, 5) is 24.8. The van der Waals surface area contributed by atoms with Gasteiger partial charge in [0.2, 0.25) is 0 Å². The van der Waals surface area contributed by atoms with E-state index in [2.05, 4.69) is 15.0 Å². The van der Waals surface area contributed by atoms with E-state index in [1.807, 2.05) is 12.5 Å². The molecule has 2 aromatic heterocycles. The molecular weight excluding hydrogens is 282 g/mol. The summed E-state index contributed by atoms with van der Waals surface area (Å²) in [6.07, 6.45) is 5.45. The van der Waals surface area contributed by atoms with Crippen molar-refractivity contribution >= 4 is 40.5 Å². The molecule has 100 valence electrons. The fraction of sp³-hybridized carbons (Fsp3) is 0.333. The van der Waals surface area contributed by atoms with Crippen LogP contribution in [0.2, 0.25) is 0 Å². The molecule has 0 fully saturated rings. The van der Waals surface area contributed by atoms with Crippen LogP contribution in [0.3, 0.4) is 0 Å². The minimum atomic E-state index is -0.366. The highest BCUT2D eigenvalue weighted by atomic mass is 32.2. The van der Waals surface area contributed by atoms with Crippen molar-refractivity contribution in [1.82, 2.24) is 15.0 Å². The Labute approximate surface area is 119 Å². The van der Waals surface area contributed by atoms with E-state index >= 15 is 0 Å². The van der Waals surface area contributed by atoms with Gasteiger partial charge in [0, 0.05) is 11.6 Å². The summed E-state index contributed by atoms with van der Waals surface area (Å²) in [5, 5.41) is 2.02. The topological polar surface area (TPSA) is 65.0 Å². The zero-order valence-corrected chi connectivity index (χ0v) is 12.5. The van der Waals surface area contributed by atoms with Crippen molar-refractivity contribution in [2.45, 2.75) is 17.1 Å². The Morgan fingerprint density at radius 2 is 2.11 bits per heavy atom. The lowest BCUT2D eigenvalue weighted by Gasteiger charge is -2.07. The minimum absolute atomic E-state index is 0.340. The first-order chi connectivity index (χ1) is 9.19. The first-order valence-electron chi connectivity index (χ1n) is 5.62. The number of aromatic nitrogens is 3. The number of nitrogens with zero attached hydrogens (tertiary/aromatic N) is 3. The largest absolute Gasteiger partial charge is 0.462 e. The van der Waals surface area contributed by atoms with Gasteiger partial charge in [-0.2, -0.15) is 0 Å². The van der Waals surface area contributed by atoms with Gasteiger partial charge >= 0.3 is 5.97 Å². The van der Waals surface area contributed by atoms with E-state index in [1.54, 1.807) is 19.2 Å². The zero-order chi connectivity index (χ0) is 13.8. The van der Waals surface area contributed by atoms with Gasteiger partial charge in [-0.1, -0.05) is 11.8 Å². The van der Waals surface area contributed by atoms with Crippen LogP contribution in [0.4, 0.5) is 0 Å². The van der Waals surface area contributed by atoms with E-state index in [0.29, 0.717) is 28.0 Å². The molecule has 2 rings (SSSR count). The fourth-order valence-electron chi connectivity index (χ4n) is 1.54. The predicted octanol–water partition coefficient (Wildman–Crippen LogP) is 2.65. The summed E-state index contributed by atoms with van der Waals surface area (Å²) >= 11 is 2.85. The normalized spacial score (nSPS) is 10.7. The number of ether oxygens (including phenoxy) is 1. The second-order valence-corrected chi connectivity index (χ2v) is 5.10. The van der Waals surface area contributed by atoms with E-state index in [1.165, 1.54) is 23.5 Å². The number of thioether (sulfide) groups is 2. The van der Waals surface area contributed by atoms with Gasteiger partial charge in [0.15, 0.2) is 10.8 Å². The number of esters is 1. The minimum Gasteiger partial charge on any atom is -0.462 e. The molecule has 0 aromatic carbocycles. The van der Waals surface area contributed by atoms with Crippen molar-refractivity contribution in [1.29, 1.82) is 0 Å². The molecule has 2 aromatic rings. The van der Waals surface area contributed by atoms with Crippen molar-refractivity contribution in [2.24, 2.45) is 0 Å². The lowest BCUT2D eigenvalue weighted by atomic mass is 10.2. The highest BCUT2D eigenvalue weighted by molar-refractivity contribution is 7.98. The maximum Gasteiger partial charge on any atom is 0.340 e. The highest BCUT2D eigenvalue weighted by Crippen LogP contribution is 2.23. The van der Waals surface area contributed by atoms with Gasteiger partial charge in [-0.3, -0.25) is 0 Å². The average Bonchev–Trinajstić information content (AvgIpc) is 2.45. The maximum atomic E-state index is 11.9. The number of carbonyl (C=O) groups is 1. The van der Waals surface area contributed by atoms with Crippen molar-refractivity contribution in [3.05, 3.63) is 17.8 Å². The van der Waals surface area contributed by atoms with Crippen molar-refractivity contribution < 1.29 is 9.53 Å². The van der Waals surface area contributed by atoms with E-state index in [-0.39, 0.29) is 5.97 Å². The molecule has 0 bridgehead atoms. The second kappa shape index (κ2) is 6.21. The van der Waals surface area contributed by atoms with Gasteiger partial charge < -0.3 is 4.74 Å².